The maximum Gasteiger partial charge on any atom is 0.373 e. The zero-order valence-electron chi connectivity index (χ0n) is 12.6. The average Bonchev–Trinajstić information content (AvgIpc) is 2.92. The van der Waals surface area contributed by atoms with E-state index in [2.05, 4.69) is 37.3 Å². The number of rotatable bonds is 7. The zero-order chi connectivity index (χ0) is 14.4. The third kappa shape index (κ3) is 4.10. The minimum atomic E-state index is -0.427. The van der Waals surface area contributed by atoms with Crippen LogP contribution in [0, 0.1) is 5.92 Å². The molecule has 0 aliphatic rings. The third-order valence-electron chi connectivity index (χ3n) is 3.62. The first kappa shape index (κ1) is 15.8. The van der Waals surface area contributed by atoms with Crippen LogP contribution in [0.3, 0.4) is 0 Å². The minimum absolute atomic E-state index is 0.164. The Morgan fingerprint density at radius 3 is 2.58 bits per heavy atom. The molecule has 0 aliphatic heterocycles. The fourth-order valence-electron chi connectivity index (χ4n) is 2.06. The van der Waals surface area contributed by atoms with E-state index >= 15 is 0 Å². The highest BCUT2D eigenvalue weighted by atomic mass is 16.5. The van der Waals surface area contributed by atoms with Crippen LogP contribution in [0.5, 0.6) is 0 Å². The van der Waals surface area contributed by atoms with Crippen molar-refractivity contribution in [2.75, 3.05) is 20.2 Å². The predicted molar refractivity (Wildman–Crippen MR) is 75.2 cm³/mol. The Morgan fingerprint density at radius 2 is 2.05 bits per heavy atom. The lowest BCUT2D eigenvalue weighted by molar-refractivity contribution is 0.0558. The molecule has 0 saturated heterocycles. The minimum Gasteiger partial charge on any atom is -0.463 e. The van der Waals surface area contributed by atoms with Gasteiger partial charge in [0.15, 0.2) is 0 Å². The van der Waals surface area contributed by atoms with Gasteiger partial charge in [0.05, 0.1) is 13.2 Å². The number of hydrogen-bond acceptors (Lipinski definition) is 4. The molecule has 0 spiro atoms. The molecule has 4 heteroatoms. The lowest BCUT2D eigenvalue weighted by Gasteiger charge is -2.28. The summed E-state index contributed by atoms with van der Waals surface area (Å²) in [4.78, 5) is 13.7. The Hall–Kier alpha value is -1.29. The lowest BCUT2D eigenvalue weighted by atomic mass is 10.1. The van der Waals surface area contributed by atoms with E-state index in [4.69, 9.17) is 4.42 Å². The van der Waals surface area contributed by atoms with Crippen molar-refractivity contribution in [3.05, 3.63) is 23.7 Å². The Labute approximate surface area is 115 Å². The van der Waals surface area contributed by atoms with Gasteiger partial charge >= 0.3 is 5.97 Å². The van der Waals surface area contributed by atoms with Crippen molar-refractivity contribution in [3.8, 4) is 0 Å². The summed E-state index contributed by atoms with van der Waals surface area (Å²) in [5, 5.41) is 0. The Balaban J connectivity index is 2.76. The Morgan fingerprint density at radius 1 is 1.37 bits per heavy atom. The second-order valence-electron chi connectivity index (χ2n) is 4.97. The van der Waals surface area contributed by atoms with Gasteiger partial charge in [0, 0.05) is 6.54 Å². The number of methoxy groups -OCH3 is 1. The molecule has 0 bridgehead atoms. The van der Waals surface area contributed by atoms with Crippen molar-refractivity contribution in [1.29, 1.82) is 0 Å². The third-order valence-corrected chi connectivity index (χ3v) is 3.62. The normalized spacial score (nSPS) is 14.4. The highest BCUT2D eigenvalue weighted by molar-refractivity contribution is 5.86. The van der Waals surface area contributed by atoms with Gasteiger partial charge in [0.25, 0.3) is 0 Å². The molecule has 1 rings (SSSR count). The largest absolute Gasteiger partial charge is 0.463 e. The summed E-state index contributed by atoms with van der Waals surface area (Å²) in [5.74, 6) is 1.30. The van der Waals surface area contributed by atoms with Gasteiger partial charge in [-0.3, -0.25) is 4.90 Å². The van der Waals surface area contributed by atoms with Gasteiger partial charge in [-0.1, -0.05) is 27.2 Å². The van der Waals surface area contributed by atoms with Crippen molar-refractivity contribution in [3.63, 3.8) is 0 Å². The summed E-state index contributed by atoms with van der Waals surface area (Å²) < 4.78 is 10.2. The number of furan rings is 1. The summed E-state index contributed by atoms with van der Waals surface area (Å²) in [6.07, 6.45) is 1.16. The molecule has 2 unspecified atom stereocenters. The highest BCUT2D eigenvalue weighted by Gasteiger charge is 2.20. The van der Waals surface area contributed by atoms with E-state index in [0.29, 0.717) is 5.92 Å². The highest BCUT2D eigenvalue weighted by Crippen LogP contribution is 2.24. The average molecular weight is 267 g/mol. The maximum atomic E-state index is 11.4. The molecule has 0 saturated carbocycles. The molecule has 2 atom stereocenters. The first-order valence-corrected chi connectivity index (χ1v) is 6.95. The van der Waals surface area contributed by atoms with Crippen LogP contribution >= 0.6 is 0 Å². The van der Waals surface area contributed by atoms with Crippen molar-refractivity contribution in [2.24, 2.45) is 5.92 Å². The predicted octanol–water partition coefficient (Wildman–Crippen LogP) is 3.50. The molecule has 4 nitrogen and oxygen atoms in total. The van der Waals surface area contributed by atoms with Crippen molar-refractivity contribution < 1.29 is 13.9 Å². The smallest absolute Gasteiger partial charge is 0.373 e. The first-order chi connectivity index (χ1) is 9.03. The number of hydrogen-bond donors (Lipinski definition) is 0. The number of nitrogens with zero attached hydrogens (tertiary/aromatic N) is 1. The second kappa shape index (κ2) is 7.34. The molecule has 0 aliphatic carbocycles. The molecule has 1 aromatic heterocycles. The van der Waals surface area contributed by atoms with E-state index < -0.39 is 5.97 Å². The molecule has 19 heavy (non-hydrogen) atoms. The standard InChI is InChI=1S/C15H25NO3/c1-6-11(3)10-16(7-2)12(4)13-8-9-14(19-13)15(17)18-5/h8-9,11-12H,6-7,10H2,1-5H3. The van der Waals surface area contributed by atoms with E-state index in [9.17, 15) is 4.79 Å². The van der Waals surface area contributed by atoms with Gasteiger partial charge in [-0.2, -0.15) is 0 Å². The molecule has 0 amide bonds. The van der Waals surface area contributed by atoms with Crippen LogP contribution in [0.4, 0.5) is 0 Å². The topological polar surface area (TPSA) is 42.7 Å². The Bertz CT molecular complexity index is 400. The first-order valence-electron chi connectivity index (χ1n) is 6.95. The van der Waals surface area contributed by atoms with Crippen LogP contribution in [0.1, 0.15) is 56.5 Å². The van der Waals surface area contributed by atoms with E-state index in [-0.39, 0.29) is 11.8 Å². The fraction of sp³-hybridized carbons (Fsp3) is 0.667. The molecule has 0 N–H and O–H groups in total. The molecule has 1 heterocycles. The van der Waals surface area contributed by atoms with Gasteiger partial charge in [-0.25, -0.2) is 4.79 Å². The van der Waals surface area contributed by atoms with Crippen molar-refractivity contribution >= 4 is 5.97 Å². The quantitative estimate of drug-likeness (QED) is 0.709. The summed E-state index contributed by atoms with van der Waals surface area (Å²) >= 11 is 0. The monoisotopic (exact) mass is 267 g/mol. The summed E-state index contributed by atoms with van der Waals surface area (Å²) in [6.45, 7) is 10.7. The fourth-order valence-corrected chi connectivity index (χ4v) is 2.06. The SMILES string of the molecule is CCC(C)CN(CC)C(C)c1ccc(C(=O)OC)o1. The Kier molecular flexibility index (Phi) is 6.09. The van der Waals surface area contributed by atoms with E-state index in [0.717, 1.165) is 25.3 Å². The second-order valence-corrected chi connectivity index (χ2v) is 4.97. The number of esters is 1. The van der Waals surface area contributed by atoms with Crippen LogP contribution in [0.2, 0.25) is 0 Å². The van der Waals surface area contributed by atoms with E-state index in [1.807, 2.05) is 6.07 Å². The zero-order valence-corrected chi connectivity index (χ0v) is 12.6. The molecule has 0 aromatic carbocycles. The van der Waals surface area contributed by atoms with Crippen molar-refractivity contribution in [1.82, 2.24) is 4.90 Å². The summed E-state index contributed by atoms with van der Waals surface area (Å²) in [6, 6.07) is 3.70. The van der Waals surface area contributed by atoms with Crippen molar-refractivity contribution in [2.45, 2.75) is 40.2 Å². The number of ether oxygens (including phenoxy) is 1. The van der Waals surface area contributed by atoms with E-state index in [1.165, 1.54) is 7.11 Å². The van der Waals surface area contributed by atoms with Gasteiger partial charge in [0.2, 0.25) is 5.76 Å². The lowest BCUT2D eigenvalue weighted by Crippen LogP contribution is -2.30. The summed E-state index contributed by atoms with van der Waals surface area (Å²) in [7, 11) is 1.36. The van der Waals surface area contributed by atoms with Crippen LogP contribution in [0.15, 0.2) is 16.5 Å². The molecule has 0 fully saturated rings. The van der Waals surface area contributed by atoms with Crippen LogP contribution in [-0.4, -0.2) is 31.1 Å². The summed E-state index contributed by atoms with van der Waals surface area (Å²) in [5.41, 5.74) is 0. The van der Waals surface area contributed by atoms with E-state index in [1.54, 1.807) is 6.07 Å². The molecular formula is C15H25NO3. The maximum absolute atomic E-state index is 11.4. The number of carbonyl (C=O) groups excluding carboxylic acids is 1. The van der Waals surface area contributed by atoms with Gasteiger partial charge in [-0.15, -0.1) is 0 Å². The molecule has 0 radical (unpaired) electrons. The number of carbonyl (C=O) groups is 1. The van der Waals surface area contributed by atoms with Gasteiger partial charge in [0.1, 0.15) is 5.76 Å². The van der Waals surface area contributed by atoms with Gasteiger partial charge in [-0.05, 0) is 31.5 Å². The molecular weight excluding hydrogens is 242 g/mol. The molecule has 1 aromatic rings. The van der Waals surface area contributed by atoms with Gasteiger partial charge < -0.3 is 9.15 Å². The molecule has 108 valence electrons. The van der Waals surface area contributed by atoms with Crippen LogP contribution in [0.25, 0.3) is 0 Å². The van der Waals surface area contributed by atoms with Crippen LogP contribution < -0.4 is 0 Å². The van der Waals surface area contributed by atoms with Crippen LogP contribution in [-0.2, 0) is 4.74 Å².